The third-order valence-corrected chi connectivity index (χ3v) is 6.32. The number of halogens is 3. The largest absolute Gasteiger partial charge is 0.497 e. The molecule has 1 aliphatic rings. The Morgan fingerprint density at radius 2 is 1.70 bits per heavy atom. The number of hydrogen-bond donors (Lipinski definition) is 4. The summed E-state index contributed by atoms with van der Waals surface area (Å²) in [4.78, 5) is 13.2. The second kappa shape index (κ2) is 12.5. The third kappa shape index (κ3) is 7.71. The number of hydrogen-bond acceptors (Lipinski definition) is 6. The van der Waals surface area contributed by atoms with Gasteiger partial charge in [0, 0.05) is 11.4 Å². The lowest BCUT2D eigenvalue weighted by molar-refractivity contribution is -0.112. The molecule has 3 aromatic rings. The minimum absolute atomic E-state index is 0.215. The van der Waals surface area contributed by atoms with Gasteiger partial charge in [-0.25, -0.2) is 0 Å². The number of ether oxygens (including phenoxy) is 1. The maximum Gasteiger partial charge on any atom is 0.432 e. The summed E-state index contributed by atoms with van der Waals surface area (Å²) in [6.07, 6.45) is -2.19. The highest BCUT2D eigenvalue weighted by Gasteiger charge is 2.33. The van der Waals surface area contributed by atoms with E-state index in [1.165, 1.54) is 37.1 Å². The number of rotatable bonds is 11. The Kier molecular flexibility index (Phi) is 8.86. The molecule has 3 aromatic carbocycles. The van der Waals surface area contributed by atoms with Crippen molar-refractivity contribution in [2.24, 2.45) is 5.92 Å². The lowest BCUT2D eigenvalue weighted by Gasteiger charge is -2.21. The van der Waals surface area contributed by atoms with Crippen LogP contribution in [-0.4, -0.2) is 31.4 Å². The summed E-state index contributed by atoms with van der Waals surface area (Å²) in [6, 6.07) is 22.4. The van der Waals surface area contributed by atoms with Crippen LogP contribution in [0.25, 0.3) is 0 Å². The zero-order valence-electron chi connectivity index (χ0n) is 21.7. The molecule has 10 heteroatoms. The molecule has 0 saturated heterocycles. The summed E-state index contributed by atoms with van der Waals surface area (Å²) in [5, 5.41) is 25.4. The molecule has 1 unspecified atom stereocenters. The van der Waals surface area contributed by atoms with Crippen LogP contribution in [0.1, 0.15) is 35.6 Å². The summed E-state index contributed by atoms with van der Waals surface area (Å²) in [5.74, 6) is 0.434. The van der Waals surface area contributed by atoms with Crippen molar-refractivity contribution in [1.82, 2.24) is 5.32 Å². The number of nitrogens with one attached hydrogen (secondary N) is 4. The topological polar surface area (TPSA) is 110 Å². The predicted molar refractivity (Wildman–Crippen MR) is 147 cm³/mol. The molecule has 0 aromatic heterocycles. The first-order valence-electron chi connectivity index (χ1n) is 12.6. The Labute approximate surface area is 230 Å². The molecule has 7 nitrogen and oxygen atoms in total. The molecule has 206 valence electrons. The molecule has 1 aliphatic carbocycles. The number of nitriles is 1. The van der Waals surface area contributed by atoms with E-state index in [2.05, 4.69) is 16.0 Å². The van der Waals surface area contributed by atoms with Gasteiger partial charge in [0.25, 0.3) is 5.91 Å². The first-order chi connectivity index (χ1) is 19.2. The SMILES string of the molecule is COc1cccc(C(NCC2CC2)c2cccc(NC(=O)/C(=C/C(=N)C(F)(F)F)Nc3cccc(C#N)c3)c2)c1. The zero-order valence-corrected chi connectivity index (χ0v) is 21.7. The van der Waals surface area contributed by atoms with Gasteiger partial charge >= 0.3 is 6.18 Å². The van der Waals surface area contributed by atoms with Gasteiger partial charge in [0.1, 0.15) is 17.2 Å². The quantitative estimate of drug-likeness (QED) is 0.170. The normalized spacial score (nSPS) is 14.1. The highest BCUT2D eigenvalue weighted by molar-refractivity contribution is 6.11. The van der Waals surface area contributed by atoms with Crippen LogP contribution >= 0.6 is 0 Å². The van der Waals surface area contributed by atoms with Crippen LogP contribution in [0, 0.1) is 22.7 Å². The summed E-state index contributed by atoms with van der Waals surface area (Å²) >= 11 is 0. The van der Waals surface area contributed by atoms with Crippen LogP contribution in [0.5, 0.6) is 5.75 Å². The van der Waals surface area contributed by atoms with E-state index in [4.69, 9.17) is 15.4 Å². The van der Waals surface area contributed by atoms with Crippen LogP contribution in [0.3, 0.4) is 0 Å². The van der Waals surface area contributed by atoms with Gasteiger partial charge in [0.2, 0.25) is 0 Å². The number of anilines is 2. The highest BCUT2D eigenvalue weighted by Crippen LogP contribution is 2.32. The molecule has 1 amide bonds. The number of allylic oxidation sites excluding steroid dienone is 1. The number of nitrogens with zero attached hydrogens (tertiary/aromatic N) is 1. The first-order valence-corrected chi connectivity index (χ1v) is 12.6. The molecule has 1 saturated carbocycles. The Hall–Kier alpha value is -4.62. The Balaban J connectivity index is 1.61. The molecular formula is C30H28F3N5O2. The smallest absolute Gasteiger partial charge is 0.432 e. The van der Waals surface area contributed by atoms with Gasteiger partial charge in [-0.3, -0.25) is 10.2 Å². The van der Waals surface area contributed by atoms with Gasteiger partial charge in [-0.2, -0.15) is 18.4 Å². The first kappa shape index (κ1) is 28.4. The van der Waals surface area contributed by atoms with Gasteiger partial charge in [-0.15, -0.1) is 0 Å². The number of amides is 1. The van der Waals surface area contributed by atoms with Gasteiger partial charge in [-0.1, -0.05) is 30.3 Å². The minimum atomic E-state index is -4.95. The van der Waals surface area contributed by atoms with E-state index >= 15 is 0 Å². The van der Waals surface area contributed by atoms with Crippen molar-refractivity contribution in [3.63, 3.8) is 0 Å². The third-order valence-electron chi connectivity index (χ3n) is 6.32. The van der Waals surface area contributed by atoms with Crippen molar-refractivity contribution in [2.45, 2.75) is 25.1 Å². The lowest BCUT2D eigenvalue weighted by Crippen LogP contribution is -2.26. The minimum Gasteiger partial charge on any atom is -0.497 e. The predicted octanol–water partition coefficient (Wildman–Crippen LogP) is 6.17. The van der Waals surface area contributed by atoms with E-state index in [-0.39, 0.29) is 17.3 Å². The number of carbonyl (C=O) groups is 1. The highest BCUT2D eigenvalue weighted by atomic mass is 19.4. The van der Waals surface area contributed by atoms with E-state index in [0.717, 1.165) is 17.7 Å². The van der Waals surface area contributed by atoms with Crippen LogP contribution in [0.4, 0.5) is 24.5 Å². The summed E-state index contributed by atoms with van der Waals surface area (Å²) in [6.45, 7) is 0.816. The van der Waals surface area contributed by atoms with Crippen LogP contribution < -0.4 is 20.7 Å². The molecule has 1 atom stereocenters. The van der Waals surface area contributed by atoms with Crippen molar-refractivity contribution in [3.05, 3.63) is 101 Å². The average Bonchev–Trinajstić information content (AvgIpc) is 3.77. The number of methoxy groups -OCH3 is 1. The molecule has 1 fully saturated rings. The zero-order chi connectivity index (χ0) is 28.7. The van der Waals surface area contributed by atoms with Crippen molar-refractivity contribution >= 4 is 23.0 Å². The number of carbonyl (C=O) groups excluding carboxylic acids is 1. The van der Waals surface area contributed by atoms with Crippen LogP contribution in [0.15, 0.2) is 84.6 Å². The van der Waals surface area contributed by atoms with E-state index in [0.29, 0.717) is 23.4 Å². The molecule has 4 N–H and O–H groups in total. The van der Waals surface area contributed by atoms with Gasteiger partial charge in [0.05, 0.1) is 24.8 Å². The Morgan fingerprint density at radius 1 is 1.05 bits per heavy atom. The monoisotopic (exact) mass is 547 g/mol. The van der Waals surface area contributed by atoms with Crippen LogP contribution in [-0.2, 0) is 4.79 Å². The Morgan fingerprint density at radius 3 is 2.35 bits per heavy atom. The molecule has 0 heterocycles. The molecule has 0 aliphatic heterocycles. The number of alkyl halides is 3. The second-order valence-corrected chi connectivity index (χ2v) is 9.43. The summed E-state index contributed by atoms with van der Waals surface area (Å²) in [5.41, 5.74) is 0.450. The second-order valence-electron chi connectivity index (χ2n) is 9.43. The summed E-state index contributed by atoms with van der Waals surface area (Å²) < 4.78 is 44.9. The maximum absolute atomic E-state index is 13.2. The standard InChI is InChI=1S/C30H28F3N5O2/c1-40-25-10-4-7-22(15-25)28(36-18-19-11-12-19)21-6-3-9-24(14-21)38-29(39)26(16-27(35)30(31,32)33)37-23-8-2-5-20(13-23)17-34/h2-10,13-16,19,28,35-37H,11-12,18H2,1H3,(H,38,39)/b26-16-,35-27?. The molecule has 0 bridgehead atoms. The van der Waals surface area contributed by atoms with Crippen LogP contribution in [0.2, 0.25) is 0 Å². The molecular weight excluding hydrogens is 519 g/mol. The van der Waals surface area contributed by atoms with Crippen molar-refractivity contribution in [1.29, 1.82) is 10.7 Å². The average molecular weight is 548 g/mol. The van der Waals surface area contributed by atoms with E-state index in [1.807, 2.05) is 36.4 Å². The van der Waals surface area contributed by atoms with Gasteiger partial charge in [-0.05, 0) is 85.0 Å². The molecule has 0 radical (unpaired) electrons. The van der Waals surface area contributed by atoms with Crippen molar-refractivity contribution in [3.8, 4) is 11.8 Å². The molecule has 40 heavy (non-hydrogen) atoms. The summed E-state index contributed by atoms with van der Waals surface area (Å²) in [7, 11) is 1.59. The number of benzene rings is 3. The van der Waals surface area contributed by atoms with Gasteiger partial charge < -0.3 is 20.7 Å². The fourth-order valence-corrected chi connectivity index (χ4v) is 4.06. The molecule has 4 rings (SSSR count). The lowest BCUT2D eigenvalue weighted by atomic mass is 9.97. The fourth-order valence-electron chi connectivity index (χ4n) is 4.06. The van der Waals surface area contributed by atoms with Gasteiger partial charge in [0.15, 0.2) is 0 Å². The van der Waals surface area contributed by atoms with Crippen molar-refractivity contribution < 1.29 is 22.7 Å². The maximum atomic E-state index is 13.2. The van der Waals surface area contributed by atoms with E-state index < -0.39 is 23.5 Å². The fraction of sp³-hybridized carbons (Fsp3) is 0.233. The van der Waals surface area contributed by atoms with E-state index in [9.17, 15) is 18.0 Å². The Bertz CT molecular complexity index is 1460. The molecule has 0 spiro atoms. The van der Waals surface area contributed by atoms with E-state index in [1.54, 1.807) is 25.3 Å². The van der Waals surface area contributed by atoms with Crippen molar-refractivity contribution in [2.75, 3.05) is 24.3 Å².